The van der Waals surface area contributed by atoms with Gasteiger partial charge in [-0.15, -0.1) is 5.10 Å². The molecule has 0 saturated heterocycles. The third kappa shape index (κ3) is 3.30. The number of rotatable bonds is 6. The van der Waals surface area contributed by atoms with Gasteiger partial charge in [-0.25, -0.2) is 9.48 Å². The summed E-state index contributed by atoms with van der Waals surface area (Å²) in [6.07, 6.45) is 2.53. The summed E-state index contributed by atoms with van der Waals surface area (Å²) in [6, 6.07) is 0. The van der Waals surface area contributed by atoms with E-state index in [1.54, 1.807) is 0 Å². The number of carbonyl (C=O) groups is 1. The van der Waals surface area contributed by atoms with E-state index < -0.39 is 11.5 Å². The van der Waals surface area contributed by atoms with E-state index in [0.717, 1.165) is 6.42 Å². The minimum atomic E-state index is -1.03. The van der Waals surface area contributed by atoms with E-state index in [1.165, 1.54) is 4.68 Å². The predicted molar refractivity (Wildman–Crippen MR) is 71.8 cm³/mol. The molecule has 6 heteroatoms. The molecule has 0 aromatic carbocycles. The lowest BCUT2D eigenvalue weighted by Crippen LogP contribution is -2.43. The summed E-state index contributed by atoms with van der Waals surface area (Å²) in [5.41, 5.74) is -0.863. The van der Waals surface area contributed by atoms with Crippen molar-refractivity contribution in [2.24, 2.45) is 5.41 Å². The molecular weight excluding hydrogens is 244 g/mol. The molecule has 1 heterocycles. The Morgan fingerprint density at radius 1 is 1.26 bits per heavy atom. The molecule has 0 fully saturated rings. The van der Waals surface area contributed by atoms with Gasteiger partial charge in [0.2, 0.25) is 0 Å². The van der Waals surface area contributed by atoms with Crippen molar-refractivity contribution < 1.29 is 9.90 Å². The van der Waals surface area contributed by atoms with Crippen LogP contribution < -0.4 is 0 Å². The summed E-state index contributed by atoms with van der Waals surface area (Å²) in [7, 11) is 0. The summed E-state index contributed by atoms with van der Waals surface area (Å²) >= 11 is 0. The van der Waals surface area contributed by atoms with Gasteiger partial charge in [0.25, 0.3) is 0 Å². The van der Waals surface area contributed by atoms with Crippen molar-refractivity contribution >= 4 is 5.97 Å². The zero-order chi connectivity index (χ0) is 14.7. The summed E-state index contributed by atoms with van der Waals surface area (Å²) in [5.74, 6) is -0.220. The number of nitrogens with zero attached hydrogens (tertiary/aromatic N) is 4. The standard InChI is InChI=1S/C13H24N4O2/c1-6-13(7-2,11(18)19)17-10(14-15-16-17)8-9-12(3,4)5/h6-9H2,1-5H3,(H,18,19). The first-order chi connectivity index (χ1) is 8.77. The van der Waals surface area contributed by atoms with Crippen molar-refractivity contribution in [3.8, 4) is 0 Å². The van der Waals surface area contributed by atoms with E-state index in [-0.39, 0.29) is 5.41 Å². The average molecular weight is 268 g/mol. The molecular formula is C13H24N4O2. The van der Waals surface area contributed by atoms with Gasteiger partial charge < -0.3 is 5.11 Å². The van der Waals surface area contributed by atoms with Gasteiger partial charge in [0, 0.05) is 6.42 Å². The van der Waals surface area contributed by atoms with Crippen molar-refractivity contribution in [3.63, 3.8) is 0 Å². The Morgan fingerprint density at radius 2 is 1.84 bits per heavy atom. The zero-order valence-electron chi connectivity index (χ0n) is 12.5. The molecule has 0 atom stereocenters. The molecule has 1 aromatic heterocycles. The summed E-state index contributed by atoms with van der Waals surface area (Å²) in [6.45, 7) is 10.1. The lowest BCUT2D eigenvalue weighted by Gasteiger charge is -2.28. The fourth-order valence-corrected chi connectivity index (χ4v) is 2.12. The maximum atomic E-state index is 11.6. The van der Waals surface area contributed by atoms with E-state index in [2.05, 4.69) is 36.3 Å². The second-order valence-corrected chi connectivity index (χ2v) is 6.11. The molecule has 0 bridgehead atoms. The van der Waals surface area contributed by atoms with Crippen molar-refractivity contribution in [1.82, 2.24) is 20.2 Å². The number of aliphatic carboxylic acids is 1. The van der Waals surface area contributed by atoms with Crippen LogP contribution in [-0.2, 0) is 16.8 Å². The quantitative estimate of drug-likeness (QED) is 0.855. The molecule has 0 amide bonds. The Morgan fingerprint density at radius 3 is 2.26 bits per heavy atom. The van der Waals surface area contributed by atoms with Gasteiger partial charge in [-0.1, -0.05) is 34.6 Å². The van der Waals surface area contributed by atoms with Crippen molar-refractivity contribution in [2.45, 2.75) is 65.8 Å². The molecule has 0 saturated carbocycles. The molecule has 1 N–H and O–H groups in total. The third-order valence-corrected chi connectivity index (χ3v) is 3.61. The van der Waals surface area contributed by atoms with Gasteiger partial charge in [0.05, 0.1) is 0 Å². The van der Waals surface area contributed by atoms with Crippen molar-refractivity contribution in [3.05, 3.63) is 5.82 Å². The van der Waals surface area contributed by atoms with Gasteiger partial charge in [0.1, 0.15) is 0 Å². The normalized spacial score (nSPS) is 12.7. The van der Waals surface area contributed by atoms with Crippen LogP contribution in [0.1, 0.15) is 59.7 Å². The van der Waals surface area contributed by atoms with Gasteiger partial charge in [-0.2, -0.15) is 0 Å². The Bertz CT molecular complexity index is 430. The van der Waals surface area contributed by atoms with Crippen LogP contribution in [0.25, 0.3) is 0 Å². The molecule has 0 aliphatic heterocycles. The molecule has 1 aromatic rings. The maximum absolute atomic E-state index is 11.6. The molecule has 0 aliphatic carbocycles. The topological polar surface area (TPSA) is 80.9 Å². The average Bonchev–Trinajstić information content (AvgIpc) is 2.76. The molecule has 108 valence electrons. The minimum absolute atomic E-state index is 0.168. The monoisotopic (exact) mass is 268 g/mol. The minimum Gasteiger partial charge on any atom is -0.479 e. The first-order valence-electron chi connectivity index (χ1n) is 6.78. The maximum Gasteiger partial charge on any atom is 0.331 e. The number of carboxylic acids is 1. The number of aryl methyl sites for hydroxylation is 1. The van der Waals surface area contributed by atoms with Gasteiger partial charge in [-0.3, -0.25) is 0 Å². The number of hydrogen-bond donors (Lipinski definition) is 1. The molecule has 6 nitrogen and oxygen atoms in total. The summed E-state index contributed by atoms with van der Waals surface area (Å²) in [4.78, 5) is 11.6. The highest BCUT2D eigenvalue weighted by atomic mass is 16.4. The molecule has 0 spiro atoms. The summed E-state index contributed by atoms with van der Waals surface area (Å²) < 4.78 is 1.50. The Hall–Kier alpha value is -1.46. The predicted octanol–water partition coefficient (Wildman–Crippen LogP) is 2.25. The largest absolute Gasteiger partial charge is 0.479 e. The van der Waals surface area contributed by atoms with Crippen LogP contribution in [-0.4, -0.2) is 31.3 Å². The molecule has 1 rings (SSSR count). The second kappa shape index (κ2) is 5.67. The number of aromatic nitrogens is 4. The van der Waals surface area contributed by atoms with E-state index in [0.29, 0.717) is 25.1 Å². The lowest BCUT2D eigenvalue weighted by atomic mass is 9.89. The Balaban J connectivity index is 3.07. The van der Waals surface area contributed by atoms with Crippen LogP contribution >= 0.6 is 0 Å². The van der Waals surface area contributed by atoms with E-state index in [4.69, 9.17) is 0 Å². The van der Waals surface area contributed by atoms with E-state index >= 15 is 0 Å². The smallest absolute Gasteiger partial charge is 0.331 e. The highest BCUT2D eigenvalue weighted by molar-refractivity contribution is 5.76. The van der Waals surface area contributed by atoms with Gasteiger partial charge in [0.15, 0.2) is 11.4 Å². The molecule has 0 aliphatic rings. The Labute approximate surface area is 114 Å². The first kappa shape index (κ1) is 15.6. The van der Waals surface area contributed by atoms with Crippen LogP contribution in [0, 0.1) is 5.41 Å². The van der Waals surface area contributed by atoms with Crippen molar-refractivity contribution in [2.75, 3.05) is 0 Å². The number of carboxylic acid groups (broad SMARTS) is 1. The van der Waals surface area contributed by atoms with Crippen molar-refractivity contribution in [1.29, 1.82) is 0 Å². The van der Waals surface area contributed by atoms with E-state index in [1.807, 2.05) is 13.8 Å². The highest BCUT2D eigenvalue weighted by Crippen LogP contribution is 2.27. The Kier molecular flexibility index (Phi) is 4.66. The second-order valence-electron chi connectivity index (χ2n) is 6.11. The van der Waals surface area contributed by atoms with Crippen LogP contribution in [0.4, 0.5) is 0 Å². The van der Waals surface area contributed by atoms with Gasteiger partial charge >= 0.3 is 5.97 Å². The molecule has 19 heavy (non-hydrogen) atoms. The number of tetrazole rings is 1. The van der Waals surface area contributed by atoms with E-state index in [9.17, 15) is 9.90 Å². The first-order valence-corrected chi connectivity index (χ1v) is 6.78. The SMILES string of the molecule is CCC(CC)(C(=O)O)n1nnnc1CCC(C)(C)C. The van der Waals surface area contributed by atoms with Crippen LogP contribution in [0.15, 0.2) is 0 Å². The fraction of sp³-hybridized carbons (Fsp3) is 0.846. The molecule has 0 unspecified atom stereocenters. The van der Waals surface area contributed by atoms with Crippen LogP contribution in [0.3, 0.4) is 0 Å². The summed E-state index contributed by atoms with van der Waals surface area (Å²) in [5, 5.41) is 21.1. The van der Waals surface area contributed by atoms with Gasteiger partial charge in [-0.05, 0) is 35.1 Å². The van der Waals surface area contributed by atoms with Crippen LogP contribution in [0.5, 0.6) is 0 Å². The highest BCUT2D eigenvalue weighted by Gasteiger charge is 2.40. The fourth-order valence-electron chi connectivity index (χ4n) is 2.12. The number of hydrogen-bond acceptors (Lipinski definition) is 4. The van der Waals surface area contributed by atoms with Crippen LogP contribution in [0.2, 0.25) is 0 Å². The third-order valence-electron chi connectivity index (χ3n) is 3.61. The lowest BCUT2D eigenvalue weighted by molar-refractivity contribution is -0.148. The zero-order valence-corrected chi connectivity index (χ0v) is 12.5. The molecule has 0 radical (unpaired) electrons.